The van der Waals surface area contributed by atoms with Crippen molar-refractivity contribution in [3.8, 4) is 0 Å². The van der Waals surface area contributed by atoms with Gasteiger partial charge in [0, 0.05) is 26.4 Å². The van der Waals surface area contributed by atoms with Crippen LogP contribution in [0.25, 0.3) is 0 Å². The van der Waals surface area contributed by atoms with Crippen molar-refractivity contribution in [3.05, 3.63) is 22.6 Å². The number of hydrogen-bond donors (Lipinski definition) is 2. The van der Waals surface area contributed by atoms with Crippen LogP contribution in [0.5, 0.6) is 0 Å². The summed E-state index contributed by atoms with van der Waals surface area (Å²) in [6.07, 6.45) is 1.37. The highest BCUT2D eigenvalue weighted by molar-refractivity contribution is 7.99. The fourth-order valence-corrected chi connectivity index (χ4v) is 1.84. The Kier molecular flexibility index (Phi) is 5.37. The molecule has 0 aliphatic carbocycles. The van der Waals surface area contributed by atoms with Crippen molar-refractivity contribution < 1.29 is 9.59 Å². The van der Waals surface area contributed by atoms with E-state index in [0.717, 1.165) is 11.8 Å². The number of hydrogen-bond acceptors (Lipinski definition) is 5. The molecule has 0 aliphatic rings. The number of amides is 2. The first kappa shape index (κ1) is 14.2. The third kappa shape index (κ3) is 4.58. The molecule has 0 radical (unpaired) electrons. The van der Waals surface area contributed by atoms with E-state index in [0.29, 0.717) is 5.16 Å². The predicted octanol–water partition coefficient (Wildman–Crippen LogP) is -0.934. The van der Waals surface area contributed by atoms with Gasteiger partial charge in [-0.05, 0) is 0 Å². The first-order chi connectivity index (χ1) is 8.52. The van der Waals surface area contributed by atoms with Crippen LogP contribution in [0.3, 0.4) is 0 Å². The van der Waals surface area contributed by atoms with E-state index in [1.165, 1.54) is 24.2 Å². The minimum atomic E-state index is -0.265. The van der Waals surface area contributed by atoms with Crippen LogP contribution in [-0.4, -0.2) is 53.1 Å². The van der Waals surface area contributed by atoms with Gasteiger partial charge in [0.15, 0.2) is 5.16 Å². The highest BCUT2D eigenvalue weighted by Gasteiger charge is 2.12. The van der Waals surface area contributed by atoms with Crippen molar-refractivity contribution in [2.45, 2.75) is 5.16 Å². The number of carbonyl (C=O) groups is 2. The summed E-state index contributed by atoms with van der Waals surface area (Å²) in [4.78, 5) is 41.4. The number of rotatable bonds is 5. The van der Waals surface area contributed by atoms with Crippen LogP contribution >= 0.6 is 11.8 Å². The summed E-state index contributed by atoms with van der Waals surface area (Å²) in [5, 5.41) is 2.81. The second-order valence-corrected chi connectivity index (χ2v) is 4.41. The van der Waals surface area contributed by atoms with Gasteiger partial charge in [0.1, 0.15) is 0 Å². The topological polar surface area (TPSA) is 95.2 Å². The van der Waals surface area contributed by atoms with Gasteiger partial charge in [-0.1, -0.05) is 11.8 Å². The van der Waals surface area contributed by atoms with Crippen molar-refractivity contribution in [2.24, 2.45) is 0 Å². The maximum absolute atomic E-state index is 11.7. The molecule has 0 aromatic carbocycles. The summed E-state index contributed by atoms with van der Waals surface area (Å²) < 4.78 is 0. The van der Waals surface area contributed by atoms with Crippen LogP contribution in [0.2, 0.25) is 0 Å². The van der Waals surface area contributed by atoms with Gasteiger partial charge in [0.25, 0.3) is 5.56 Å². The van der Waals surface area contributed by atoms with Gasteiger partial charge in [-0.3, -0.25) is 14.4 Å². The Hall–Kier alpha value is -1.83. The summed E-state index contributed by atoms with van der Waals surface area (Å²) in [5.74, 6) is -0.335. The van der Waals surface area contributed by atoms with E-state index in [1.807, 2.05) is 0 Å². The number of aromatic amines is 1. The maximum Gasteiger partial charge on any atom is 0.251 e. The Labute approximate surface area is 108 Å². The average Bonchev–Trinajstić information content (AvgIpc) is 2.35. The number of thioether (sulfide) groups is 1. The quantitative estimate of drug-likeness (QED) is 0.532. The van der Waals surface area contributed by atoms with Crippen LogP contribution < -0.4 is 10.9 Å². The summed E-state index contributed by atoms with van der Waals surface area (Å²) >= 11 is 1.12. The fourth-order valence-electron chi connectivity index (χ4n) is 1.05. The normalized spacial score (nSPS) is 9.89. The largest absolute Gasteiger partial charge is 0.358 e. The molecule has 0 unspecified atom stereocenters. The maximum atomic E-state index is 11.7. The molecule has 1 aromatic heterocycles. The van der Waals surface area contributed by atoms with E-state index < -0.39 is 0 Å². The van der Waals surface area contributed by atoms with Crippen molar-refractivity contribution in [1.29, 1.82) is 0 Å². The molecule has 2 N–H and O–H groups in total. The lowest BCUT2D eigenvalue weighted by Gasteiger charge is -2.15. The second-order valence-electron chi connectivity index (χ2n) is 3.45. The van der Waals surface area contributed by atoms with Gasteiger partial charge in [-0.2, -0.15) is 0 Å². The number of nitrogens with zero attached hydrogens (tertiary/aromatic N) is 2. The van der Waals surface area contributed by atoms with E-state index in [-0.39, 0.29) is 29.7 Å². The van der Waals surface area contributed by atoms with E-state index in [1.54, 1.807) is 7.05 Å². The van der Waals surface area contributed by atoms with Gasteiger partial charge in [-0.15, -0.1) is 0 Å². The number of carbonyl (C=O) groups excluding carboxylic acids is 2. The molecule has 1 rings (SSSR count). The third-order valence-corrected chi connectivity index (χ3v) is 2.94. The van der Waals surface area contributed by atoms with Gasteiger partial charge in [0.2, 0.25) is 11.8 Å². The predicted molar refractivity (Wildman–Crippen MR) is 67.3 cm³/mol. The summed E-state index contributed by atoms with van der Waals surface area (Å²) in [7, 11) is 3.05. The zero-order valence-electron chi connectivity index (χ0n) is 10.1. The molecule has 8 heteroatoms. The second kappa shape index (κ2) is 6.80. The Morgan fingerprint density at radius 3 is 2.89 bits per heavy atom. The zero-order chi connectivity index (χ0) is 13.5. The van der Waals surface area contributed by atoms with Crippen molar-refractivity contribution in [2.75, 3.05) is 26.4 Å². The number of H-pyrrole nitrogens is 1. The highest BCUT2D eigenvalue weighted by atomic mass is 32.2. The molecule has 1 aromatic rings. The summed E-state index contributed by atoms with van der Waals surface area (Å²) in [5.41, 5.74) is -0.265. The zero-order valence-corrected chi connectivity index (χ0v) is 10.9. The van der Waals surface area contributed by atoms with E-state index in [2.05, 4.69) is 15.3 Å². The summed E-state index contributed by atoms with van der Waals surface area (Å²) in [6.45, 7) is 0.00856. The van der Waals surface area contributed by atoms with Crippen molar-refractivity contribution >= 4 is 23.6 Å². The lowest BCUT2D eigenvalue weighted by Crippen LogP contribution is -2.37. The molecule has 0 spiro atoms. The minimum Gasteiger partial charge on any atom is -0.358 e. The standard InChI is InChI=1S/C10H14N4O3S/c1-11-8(16)5-14(2)9(17)6-18-10-12-4-3-7(15)13-10/h3-4H,5-6H2,1-2H3,(H,11,16)(H,12,13,15). The SMILES string of the molecule is CNC(=O)CN(C)C(=O)CSc1nccc(=O)[nH]1. The fraction of sp³-hybridized carbons (Fsp3) is 0.400. The summed E-state index contributed by atoms with van der Waals surface area (Å²) in [6, 6.07) is 1.30. The smallest absolute Gasteiger partial charge is 0.251 e. The Morgan fingerprint density at radius 2 is 2.28 bits per heavy atom. The number of likely N-dealkylation sites (N-methyl/N-ethyl adjacent to an activating group) is 2. The molecule has 98 valence electrons. The molecule has 18 heavy (non-hydrogen) atoms. The molecule has 7 nitrogen and oxygen atoms in total. The van der Waals surface area contributed by atoms with E-state index in [4.69, 9.17) is 0 Å². The van der Waals surface area contributed by atoms with E-state index in [9.17, 15) is 14.4 Å². The Morgan fingerprint density at radius 1 is 1.56 bits per heavy atom. The van der Waals surface area contributed by atoms with Crippen LogP contribution in [0, 0.1) is 0 Å². The van der Waals surface area contributed by atoms with Crippen molar-refractivity contribution in [1.82, 2.24) is 20.2 Å². The van der Waals surface area contributed by atoms with Gasteiger partial charge in [-0.25, -0.2) is 4.98 Å². The highest BCUT2D eigenvalue weighted by Crippen LogP contribution is 2.10. The molecule has 0 fully saturated rings. The first-order valence-electron chi connectivity index (χ1n) is 5.15. The van der Waals surface area contributed by atoms with Crippen LogP contribution in [0.4, 0.5) is 0 Å². The first-order valence-corrected chi connectivity index (χ1v) is 6.14. The minimum absolute atomic E-state index is 0.00856. The van der Waals surface area contributed by atoms with Crippen LogP contribution in [-0.2, 0) is 9.59 Å². The number of nitrogens with one attached hydrogen (secondary N) is 2. The van der Waals surface area contributed by atoms with Crippen LogP contribution in [0.1, 0.15) is 0 Å². The molecule has 0 aliphatic heterocycles. The Bertz CT molecular complexity index is 488. The molecule has 0 saturated heterocycles. The molecular formula is C10H14N4O3S. The molecule has 1 heterocycles. The van der Waals surface area contributed by atoms with Gasteiger partial charge in [0.05, 0.1) is 12.3 Å². The Balaban J connectivity index is 2.46. The molecule has 0 bridgehead atoms. The lowest BCUT2D eigenvalue weighted by molar-refractivity contribution is -0.132. The molecule has 2 amide bonds. The number of aromatic nitrogens is 2. The third-order valence-electron chi connectivity index (χ3n) is 2.07. The van der Waals surface area contributed by atoms with Gasteiger partial charge >= 0.3 is 0 Å². The van der Waals surface area contributed by atoms with Crippen LogP contribution in [0.15, 0.2) is 22.2 Å². The molecular weight excluding hydrogens is 256 g/mol. The van der Waals surface area contributed by atoms with Gasteiger partial charge < -0.3 is 15.2 Å². The molecule has 0 atom stereocenters. The molecule has 0 saturated carbocycles. The van der Waals surface area contributed by atoms with E-state index >= 15 is 0 Å². The van der Waals surface area contributed by atoms with Crippen molar-refractivity contribution in [3.63, 3.8) is 0 Å². The lowest BCUT2D eigenvalue weighted by atomic mass is 10.5. The monoisotopic (exact) mass is 270 g/mol. The average molecular weight is 270 g/mol.